The van der Waals surface area contributed by atoms with Gasteiger partial charge in [0.25, 0.3) is 0 Å². The van der Waals surface area contributed by atoms with Gasteiger partial charge >= 0.3 is 0 Å². The molecule has 0 saturated carbocycles. The number of nitrogens with zero attached hydrogens (tertiary/aromatic N) is 1. The van der Waals surface area contributed by atoms with E-state index in [0.717, 1.165) is 0 Å². The Labute approximate surface area is 63.2 Å². The van der Waals surface area contributed by atoms with Crippen molar-refractivity contribution in [2.45, 2.75) is 6.92 Å². The molecule has 0 unspecified atom stereocenters. The summed E-state index contributed by atoms with van der Waals surface area (Å²) in [5.41, 5.74) is 0. The van der Waals surface area contributed by atoms with E-state index in [2.05, 4.69) is 22.6 Å². The summed E-state index contributed by atoms with van der Waals surface area (Å²) in [7, 11) is 1.83. The molecule has 1 N–H and O–H groups in total. The van der Waals surface area contributed by atoms with E-state index >= 15 is 0 Å². The molecule has 8 heavy (non-hydrogen) atoms. The number of hydrogen-bond acceptors (Lipinski definition) is 1. The topological polar surface area (TPSA) is 27.1 Å². The maximum Gasteiger partial charge on any atom is 0.0854 e. The monoisotopic (exact) mass is 224 g/mol. The predicted molar refractivity (Wildman–Crippen MR) is 44.3 cm³/mol. The highest BCUT2D eigenvalue weighted by Crippen LogP contribution is 2.02. The van der Waals surface area contributed by atoms with Gasteiger partial charge in [-0.1, -0.05) is 0 Å². The van der Waals surface area contributed by atoms with Gasteiger partial charge < -0.3 is 4.90 Å². The maximum absolute atomic E-state index is 6.76. The third-order valence-corrected chi connectivity index (χ3v) is 0.864. The third-order valence-electron chi connectivity index (χ3n) is 0.585. The summed E-state index contributed by atoms with van der Waals surface area (Å²) in [6.07, 6.45) is 3.15. The van der Waals surface area contributed by atoms with E-state index in [1.165, 1.54) is 9.92 Å². The van der Waals surface area contributed by atoms with Gasteiger partial charge in [-0.25, -0.2) is 0 Å². The van der Waals surface area contributed by atoms with E-state index in [0.29, 0.717) is 0 Å². The fourth-order valence-corrected chi connectivity index (χ4v) is 0.757. The van der Waals surface area contributed by atoms with Crippen molar-refractivity contribution >= 4 is 28.9 Å². The number of allylic oxidation sites excluding steroid dienone is 1. The average molecular weight is 224 g/mol. The Hall–Kier alpha value is -0.0600. The van der Waals surface area contributed by atoms with Crippen LogP contribution in [0.15, 0.2) is 9.78 Å². The second-order valence-corrected chi connectivity index (χ2v) is 3.21. The first-order valence-corrected chi connectivity index (χ1v) is 3.31. The highest BCUT2D eigenvalue weighted by Gasteiger charge is 1.81. The first-order valence-electron chi connectivity index (χ1n) is 2.23. The largest absolute Gasteiger partial charge is 0.342 e. The second kappa shape index (κ2) is 3.88. The normalized spacial score (nSPS) is 11.1. The smallest absolute Gasteiger partial charge is 0.0854 e. The van der Waals surface area contributed by atoms with Crippen LogP contribution in [0.5, 0.6) is 0 Å². The van der Waals surface area contributed by atoms with Crippen molar-refractivity contribution in [1.82, 2.24) is 4.90 Å². The third kappa shape index (κ3) is 4.11. The van der Waals surface area contributed by atoms with Crippen LogP contribution in [-0.2, 0) is 0 Å². The zero-order valence-corrected chi connectivity index (χ0v) is 7.14. The molecule has 0 aliphatic heterocycles. The Kier molecular flexibility index (Phi) is 3.85. The van der Waals surface area contributed by atoms with Crippen molar-refractivity contribution in [1.29, 1.82) is 5.41 Å². The van der Waals surface area contributed by atoms with Gasteiger partial charge in [-0.3, -0.25) is 5.41 Å². The molecule has 0 spiro atoms. The van der Waals surface area contributed by atoms with Gasteiger partial charge in [-0.05, 0) is 29.5 Å². The van der Waals surface area contributed by atoms with Gasteiger partial charge in [-0.15, -0.1) is 0 Å². The van der Waals surface area contributed by atoms with Crippen LogP contribution in [0.25, 0.3) is 0 Å². The van der Waals surface area contributed by atoms with Crippen LogP contribution in [0, 0.1) is 5.41 Å². The Morgan fingerprint density at radius 1 is 1.75 bits per heavy atom. The van der Waals surface area contributed by atoms with Gasteiger partial charge in [0, 0.05) is 16.8 Å². The lowest BCUT2D eigenvalue weighted by Crippen LogP contribution is -2.05. The van der Waals surface area contributed by atoms with E-state index in [1.807, 2.05) is 20.2 Å². The lowest BCUT2D eigenvalue weighted by atomic mass is 10.6. The maximum atomic E-state index is 6.76. The van der Waals surface area contributed by atoms with E-state index in [1.54, 1.807) is 4.90 Å². The molecule has 0 aliphatic carbocycles. The number of hydrogen-bond donors (Lipinski definition) is 1. The van der Waals surface area contributed by atoms with E-state index in [9.17, 15) is 0 Å². The van der Waals surface area contributed by atoms with E-state index in [-0.39, 0.29) is 0 Å². The minimum atomic E-state index is 1.17. The molecule has 0 aromatic carbocycles. The summed E-state index contributed by atoms with van der Waals surface area (Å²) in [4.78, 5) is 1.70. The molecule has 3 heteroatoms. The Balaban J connectivity index is 3.68. The van der Waals surface area contributed by atoms with E-state index in [4.69, 9.17) is 5.41 Å². The molecule has 0 amide bonds. The highest BCUT2D eigenvalue weighted by atomic mass is 127. The molecular weight excluding hydrogens is 215 g/mol. The number of halogens is 1. The van der Waals surface area contributed by atoms with Crippen LogP contribution < -0.4 is 0 Å². The lowest BCUT2D eigenvalue weighted by Gasteiger charge is -2.02. The van der Waals surface area contributed by atoms with Gasteiger partial charge in [0.2, 0.25) is 0 Å². The van der Waals surface area contributed by atoms with Crippen molar-refractivity contribution in [3.05, 3.63) is 9.78 Å². The molecule has 0 atom stereocenters. The quantitative estimate of drug-likeness (QED) is 0.432. The lowest BCUT2D eigenvalue weighted by molar-refractivity contribution is 0.703. The van der Waals surface area contributed by atoms with E-state index < -0.39 is 0 Å². The summed E-state index contributed by atoms with van der Waals surface area (Å²) in [5, 5.41) is 6.76. The standard InChI is InChI=1S/C5H9IN2/c1-5(6)3-8(2)4-7/h3-4,7H,1-2H3/b5-3+,7-4?. The first kappa shape index (κ1) is 7.94. The molecule has 0 bridgehead atoms. The fourth-order valence-electron chi connectivity index (χ4n) is 0.318. The van der Waals surface area contributed by atoms with Gasteiger partial charge in [0.15, 0.2) is 0 Å². The molecule has 0 aromatic rings. The molecule has 0 heterocycles. The molecule has 0 saturated heterocycles. The zero-order chi connectivity index (χ0) is 6.57. The molecule has 0 rings (SSSR count). The van der Waals surface area contributed by atoms with Crippen LogP contribution in [0.1, 0.15) is 6.92 Å². The summed E-state index contributed by atoms with van der Waals surface area (Å²) >= 11 is 2.20. The van der Waals surface area contributed by atoms with Crippen molar-refractivity contribution < 1.29 is 0 Å². The minimum absolute atomic E-state index is 1.17. The van der Waals surface area contributed by atoms with Crippen molar-refractivity contribution in [2.24, 2.45) is 0 Å². The summed E-state index contributed by atoms with van der Waals surface area (Å²) in [6.45, 7) is 1.99. The predicted octanol–water partition coefficient (Wildman–Crippen LogP) is 1.82. The SMILES string of the molecule is C/C(I)=C\N(C)C=N. The second-order valence-electron chi connectivity index (χ2n) is 1.51. The molecule has 0 radical (unpaired) electrons. The minimum Gasteiger partial charge on any atom is -0.342 e. The number of rotatable bonds is 2. The summed E-state index contributed by atoms with van der Waals surface area (Å²) < 4.78 is 1.17. The molecule has 0 fully saturated rings. The van der Waals surface area contributed by atoms with Crippen molar-refractivity contribution in [3.63, 3.8) is 0 Å². The van der Waals surface area contributed by atoms with Gasteiger partial charge in [0.1, 0.15) is 0 Å². The summed E-state index contributed by atoms with van der Waals surface area (Å²) in [6, 6.07) is 0. The number of nitrogens with one attached hydrogen (secondary N) is 1. The molecule has 2 nitrogen and oxygen atoms in total. The molecule has 46 valence electrons. The fraction of sp³-hybridized carbons (Fsp3) is 0.400. The molecule has 0 aliphatic rings. The zero-order valence-electron chi connectivity index (χ0n) is 4.98. The van der Waals surface area contributed by atoms with Crippen LogP contribution in [0.4, 0.5) is 0 Å². The summed E-state index contributed by atoms with van der Waals surface area (Å²) in [5.74, 6) is 0. The van der Waals surface area contributed by atoms with Crippen LogP contribution in [0.2, 0.25) is 0 Å². The van der Waals surface area contributed by atoms with Gasteiger partial charge in [0.05, 0.1) is 6.34 Å². The molecule has 0 aromatic heterocycles. The first-order chi connectivity index (χ1) is 3.66. The highest BCUT2D eigenvalue weighted by molar-refractivity contribution is 14.1. The Morgan fingerprint density at radius 2 is 2.25 bits per heavy atom. The molecular formula is C5H9IN2. The van der Waals surface area contributed by atoms with Crippen LogP contribution >= 0.6 is 22.6 Å². The Morgan fingerprint density at radius 3 is 2.38 bits per heavy atom. The van der Waals surface area contributed by atoms with Gasteiger partial charge in [-0.2, -0.15) is 0 Å². The average Bonchev–Trinajstić information content (AvgIpc) is 1.65. The van der Waals surface area contributed by atoms with Crippen LogP contribution in [-0.4, -0.2) is 18.3 Å². The van der Waals surface area contributed by atoms with Crippen LogP contribution in [0.3, 0.4) is 0 Å². The van der Waals surface area contributed by atoms with Crippen molar-refractivity contribution in [2.75, 3.05) is 7.05 Å². The Bertz CT molecular complexity index is 105. The van der Waals surface area contributed by atoms with Crippen molar-refractivity contribution in [3.8, 4) is 0 Å².